The summed E-state index contributed by atoms with van der Waals surface area (Å²) in [5.41, 5.74) is 2.05. The maximum absolute atomic E-state index is 10.2. The Morgan fingerprint density at radius 1 is 1.06 bits per heavy atom. The lowest BCUT2D eigenvalue weighted by Gasteiger charge is -2.08. The molecule has 0 aliphatic heterocycles. The fourth-order valence-electron chi connectivity index (χ4n) is 1.94. The molecule has 1 aromatic heterocycles. The number of nitrogens with zero attached hydrogens (tertiary/aromatic N) is 2. The van der Waals surface area contributed by atoms with Crippen LogP contribution in [0.1, 0.15) is 64.6 Å². The maximum atomic E-state index is 10.2. The topological polar surface area (TPSA) is 38.0 Å². The van der Waals surface area contributed by atoms with Crippen LogP contribution in [-0.4, -0.2) is 14.9 Å². The smallest absolute Gasteiger partial charge is 0.213 e. The van der Waals surface area contributed by atoms with Crippen molar-refractivity contribution in [2.45, 2.75) is 59.9 Å². The van der Waals surface area contributed by atoms with Crippen LogP contribution in [0.2, 0.25) is 0 Å². The van der Waals surface area contributed by atoms with Gasteiger partial charge in [0.15, 0.2) is 0 Å². The van der Waals surface area contributed by atoms with Crippen LogP contribution in [0.4, 0.5) is 0 Å². The summed E-state index contributed by atoms with van der Waals surface area (Å²) < 4.78 is 1.75. The molecule has 3 nitrogen and oxygen atoms in total. The third kappa shape index (κ3) is 2.57. The van der Waals surface area contributed by atoms with E-state index in [1.807, 2.05) is 0 Å². The molecular formula is C13H24N2O. The summed E-state index contributed by atoms with van der Waals surface area (Å²) in [6.45, 7) is 13.5. The Balaban J connectivity index is 3.19. The minimum Gasteiger partial charge on any atom is -0.493 e. The molecule has 0 amide bonds. The van der Waals surface area contributed by atoms with Gasteiger partial charge in [0.2, 0.25) is 5.88 Å². The van der Waals surface area contributed by atoms with Gasteiger partial charge in [-0.1, -0.05) is 41.5 Å². The Kier molecular flexibility index (Phi) is 4.00. The standard InChI is InChI=1S/C13H24N2O/c1-8(2)7-15-13(16)11(9(3)4)12(14-15)10(5)6/h8-10,16H,7H2,1-6H3. The van der Waals surface area contributed by atoms with E-state index in [-0.39, 0.29) is 0 Å². The van der Waals surface area contributed by atoms with Gasteiger partial charge in [0.05, 0.1) is 5.69 Å². The molecule has 16 heavy (non-hydrogen) atoms. The van der Waals surface area contributed by atoms with Gasteiger partial charge in [-0.3, -0.25) is 0 Å². The van der Waals surface area contributed by atoms with Crippen LogP contribution in [-0.2, 0) is 6.54 Å². The molecule has 0 aliphatic carbocycles. The van der Waals surface area contributed by atoms with Gasteiger partial charge in [-0.2, -0.15) is 5.10 Å². The second-order valence-corrected chi connectivity index (χ2v) is 5.51. The zero-order valence-electron chi connectivity index (χ0n) is 11.3. The molecule has 0 fully saturated rings. The summed E-state index contributed by atoms with van der Waals surface area (Å²) in [4.78, 5) is 0. The highest BCUT2D eigenvalue weighted by Gasteiger charge is 2.21. The molecule has 1 N–H and O–H groups in total. The highest BCUT2D eigenvalue weighted by molar-refractivity contribution is 5.35. The first-order valence-corrected chi connectivity index (χ1v) is 6.14. The van der Waals surface area contributed by atoms with Gasteiger partial charge in [-0.15, -0.1) is 0 Å². The maximum Gasteiger partial charge on any atom is 0.213 e. The van der Waals surface area contributed by atoms with Gasteiger partial charge >= 0.3 is 0 Å². The predicted octanol–water partition coefficient (Wildman–Crippen LogP) is 3.49. The molecule has 92 valence electrons. The average molecular weight is 224 g/mol. The molecule has 1 aromatic rings. The molecule has 0 saturated carbocycles. The number of hydrogen-bond donors (Lipinski definition) is 1. The van der Waals surface area contributed by atoms with Crippen LogP contribution >= 0.6 is 0 Å². The second kappa shape index (κ2) is 4.89. The van der Waals surface area contributed by atoms with E-state index < -0.39 is 0 Å². The fraction of sp³-hybridized carbons (Fsp3) is 0.769. The van der Waals surface area contributed by atoms with Gasteiger partial charge in [0.1, 0.15) is 0 Å². The minimum atomic E-state index is 0.318. The van der Waals surface area contributed by atoms with E-state index in [9.17, 15) is 5.11 Å². The average Bonchev–Trinajstić information content (AvgIpc) is 2.43. The third-order valence-corrected chi connectivity index (χ3v) is 2.65. The van der Waals surface area contributed by atoms with E-state index in [4.69, 9.17) is 0 Å². The van der Waals surface area contributed by atoms with Gasteiger partial charge in [-0.05, 0) is 17.8 Å². The van der Waals surface area contributed by atoms with Crippen LogP contribution in [0.15, 0.2) is 0 Å². The van der Waals surface area contributed by atoms with Gasteiger partial charge < -0.3 is 5.11 Å². The lowest BCUT2D eigenvalue weighted by molar-refractivity contribution is 0.367. The highest BCUT2D eigenvalue weighted by Crippen LogP contribution is 2.33. The largest absolute Gasteiger partial charge is 0.493 e. The molecule has 0 unspecified atom stereocenters. The van der Waals surface area contributed by atoms with E-state index in [0.29, 0.717) is 23.6 Å². The molecule has 3 heteroatoms. The quantitative estimate of drug-likeness (QED) is 0.850. The second-order valence-electron chi connectivity index (χ2n) is 5.51. The Morgan fingerprint density at radius 3 is 1.94 bits per heavy atom. The summed E-state index contributed by atoms with van der Waals surface area (Å²) in [5, 5.41) is 14.7. The van der Waals surface area contributed by atoms with Gasteiger partial charge in [-0.25, -0.2) is 4.68 Å². The molecule has 0 saturated heterocycles. The molecule has 0 bridgehead atoms. The number of aromatic nitrogens is 2. The minimum absolute atomic E-state index is 0.318. The van der Waals surface area contributed by atoms with Gasteiger partial charge in [0.25, 0.3) is 0 Å². The number of rotatable bonds is 4. The molecule has 0 spiro atoms. The lowest BCUT2D eigenvalue weighted by Crippen LogP contribution is -2.06. The van der Waals surface area contributed by atoms with Crippen LogP contribution < -0.4 is 0 Å². The van der Waals surface area contributed by atoms with Crippen molar-refractivity contribution in [2.24, 2.45) is 5.92 Å². The van der Waals surface area contributed by atoms with Crippen molar-refractivity contribution < 1.29 is 5.11 Å². The molecule has 0 radical (unpaired) electrons. The summed E-state index contributed by atoms with van der Waals surface area (Å²) in [6.07, 6.45) is 0. The number of hydrogen-bond acceptors (Lipinski definition) is 2. The van der Waals surface area contributed by atoms with Crippen molar-refractivity contribution in [2.75, 3.05) is 0 Å². The van der Waals surface area contributed by atoms with E-state index in [1.54, 1.807) is 4.68 Å². The first kappa shape index (κ1) is 13.1. The highest BCUT2D eigenvalue weighted by atomic mass is 16.3. The van der Waals surface area contributed by atoms with Crippen molar-refractivity contribution in [1.29, 1.82) is 0 Å². The Hall–Kier alpha value is -0.990. The Bertz CT molecular complexity index is 351. The summed E-state index contributed by atoms with van der Waals surface area (Å²) in [7, 11) is 0. The van der Waals surface area contributed by atoms with E-state index in [2.05, 4.69) is 46.6 Å². The number of aromatic hydroxyl groups is 1. The lowest BCUT2D eigenvalue weighted by atomic mass is 9.97. The zero-order valence-corrected chi connectivity index (χ0v) is 11.3. The van der Waals surface area contributed by atoms with E-state index >= 15 is 0 Å². The van der Waals surface area contributed by atoms with Crippen molar-refractivity contribution in [1.82, 2.24) is 9.78 Å². The van der Waals surface area contributed by atoms with Gasteiger partial charge in [0, 0.05) is 12.1 Å². The third-order valence-electron chi connectivity index (χ3n) is 2.65. The molecule has 0 aliphatic rings. The monoisotopic (exact) mass is 224 g/mol. The molecule has 0 aromatic carbocycles. The van der Waals surface area contributed by atoms with Crippen molar-refractivity contribution in [3.63, 3.8) is 0 Å². The van der Waals surface area contributed by atoms with Crippen LogP contribution in [0.25, 0.3) is 0 Å². The SMILES string of the molecule is CC(C)Cn1nc(C(C)C)c(C(C)C)c1O. The molecule has 1 rings (SSSR count). The van der Waals surface area contributed by atoms with Crippen molar-refractivity contribution >= 4 is 0 Å². The first-order valence-electron chi connectivity index (χ1n) is 6.14. The summed E-state index contributed by atoms with van der Waals surface area (Å²) in [6, 6.07) is 0. The van der Waals surface area contributed by atoms with Crippen LogP contribution in [0, 0.1) is 5.92 Å². The van der Waals surface area contributed by atoms with Crippen molar-refractivity contribution in [3.8, 4) is 5.88 Å². The first-order chi connectivity index (χ1) is 7.34. The van der Waals surface area contributed by atoms with E-state index in [0.717, 1.165) is 17.8 Å². The summed E-state index contributed by atoms with van der Waals surface area (Å²) in [5.74, 6) is 1.52. The zero-order chi connectivity index (χ0) is 12.5. The molecular weight excluding hydrogens is 200 g/mol. The predicted molar refractivity (Wildman–Crippen MR) is 66.9 cm³/mol. The Labute approximate surface area is 98.5 Å². The fourth-order valence-corrected chi connectivity index (χ4v) is 1.94. The molecule has 0 atom stereocenters. The molecule has 1 heterocycles. The van der Waals surface area contributed by atoms with Crippen molar-refractivity contribution in [3.05, 3.63) is 11.3 Å². The summed E-state index contributed by atoms with van der Waals surface area (Å²) >= 11 is 0. The van der Waals surface area contributed by atoms with Crippen LogP contribution in [0.5, 0.6) is 5.88 Å². The normalized spacial score (nSPS) is 12.1. The van der Waals surface area contributed by atoms with Crippen LogP contribution in [0.3, 0.4) is 0 Å². The Morgan fingerprint density at radius 2 is 1.62 bits per heavy atom. The van der Waals surface area contributed by atoms with E-state index in [1.165, 1.54) is 0 Å².